The zero-order valence-corrected chi connectivity index (χ0v) is 26.8. The Labute approximate surface area is 255 Å². The van der Waals surface area contributed by atoms with Gasteiger partial charge in [-0.05, 0) is 0 Å². The Morgan fingerprint density at radius 2 is 1.88 bits per heavy atom. The standard InChI is InChI=1S/C28H32F3N5O4S.Sn/c1-4-23(37)20-13-22(25(39)24(20)38)35-26-21(14-41-19-9-11-32-12-10-19)16(3)34-27(36-26)33-15(2)17-5-7-18(8-6-17)40-28(29,30)31;/h5-9,11-12,14-15,20,22-25,37-39H,4,13H2,1-3H3,(H2,33,34,35,36);/t15-,20-,22-,23?,24-,25+;/m1./s1. The summed E-state index contributed by atoms with van der Waals surface area (Å²) in [5.41, 5.74) is 2.41. The van der Waals surface area contributed by atoms with Gasteiger partial charge < -0.3 is 0 Å². The fraction of sp³-hybridized carbons (Fsp3) is 0.464. The van der Waals surface area contributed by atoms with Crippen molar-refractivity contribution in [1.82, 2.24) is 15.0 Å². The summed E-state index contributed by atoms with van der Waals surface area (Å²) in [5, 5.41) is 38.6. The summed E-state index contributed by atoms with van der Waals surface area (Å²) >= 11 is 0.627. The van der Waals surface area contributed by atoms with E-state index < -0.39 is 57.8 Å². The summed E-state index contributed by atoms with van der Waals surface area (Å²) in [6.07, 6.45) is -3.13. The third-order valence-corrected chi connectivity index (χ3v) is 14.6. The second-order valence-corrected chi connectivity index (χ2v) is 16.8. The Bertz CT molecular complexity index is 1380. The van der Waals surface area contributed by atoms with E-state index in [0.29, 0.717) is 30.2 Å². The molecule has 2 unspecified atom stereocenters. The number of hydrogen-bond donors (Lipinski definition) is 5. The van der Waals surface area contributed by atoms with Crippen LogP contribution in [0, 0.1) is 12.8 Å². The van der Waals surface area contributed by atoms with Crippen LogP contribution in [0.4, 0.5) is 24.9 Å². The van der Waals surface area contributed by atoms with Gasteiger partial charge >= 0.3 is 244 Å². The summed E-state index contributed by atoms with van der Waals surface area (Å²) in [6, 6.07) is 6.73. The minimum absolute atomic E-state index is 0.156. The van der Waals surface area contributed by atoms with E-state index in [0.717, 1.165) is 11.3 Å². The molecule has 7 atom stereocenters. The number of pyridine rings is 1. The summed E-state index contributed by atoms with van der Waals surface area (Å²) in [5.74, 6) is 0.0878. The van der Waals surface area contributed by atoms with Crippen LogP contribution in [0.2, 0.25) is 0 Å². The van der Waals surface area contributed by atoms with Gasteiger partial charge in [0.1, 0.15) is 0 Å². The van der Waals surface area contributed by atoms with Gasteiger partial charge in [-0.2, -0.15) is 0 Å². The molecule has 0 bridgehead atoms. The molecule has 0 spiro atoms. The SMILES string of the molecule is CCC(O)[C@H]1C[C@@H](Nc2nc(N[C@H](C)c3ccc(OC(F)(F)F)cc3)nc(C)c2[CH]2Sc3ccnc[c]3[Sn]2)[C@H](O)[C@@H]1O. The fourth-order valence-corrected chi connectivity index (χ4v) is 13.0. The molecule has 2 aromatic heterocycles. The number of rotatable bonds is 9. The van der Waals surface area contributed by atoms with Gasteiger partial charge in [0.05, 0.1) is 0 Å². The number of ether oxygens (including phenoxy) is 1. The molecule has 1 aliphatic heterocycles. The second kappa shape index (κ2) is 12.7. The predicted molar refractivity (Wildman–Crippen MR) is 154 cm³/mol. The number of halogens is 3. The molecule has 1 saturated carbocycles. The topological polar surface area (TPSA) is 133 Å². The first-order valence-corrected chi connectivity index (χ1v) is 17.6. The zero-order chi connectivity index (χ0) is 30.2. The molecular weight excluding hydrogens is 678 g/mol. The summed E-state index contributed by atoms with van der Waals surface area (Å²) in [7, 11) is 0. The number of nitrogens with zero attached hydrogens (tertiary/aromatic N) is 3. The van der Waals surface area contributed by atoms with Gasteiger partial charge in [-0.3, -0.25) is 0 Å². The first-order chi connectivity index (χ1) is 19.9. The van der Waals surface area contributed by atoms with Crippen LogP contribution in [-0.2, 0) is 0 Å². The third kappa shape index (κ3) is 6.90. The van der Waals surface area contributed by atoms with Gasteiger partial charge in [-0.1, -0.05) is 0 Å². The molecular formula is C28H32F3N5O4SSn. The van der Waals surface area contributed by atoms with Gasteiger partial charge in [-0.25, -0.2) is 0 Å². The molecule has 5 rings (SSSR count). The van der Waals surface area contributed by atoms with E-state index in [2.05, 4.69) is 20.4 Å². The summed E-state index contributed by atoms with van der Waals surface area (Å²) in [4.78, 5) is 15.1. The molecule has 14 heteroatoms. The predicted octanol–water partition coefficient (Wildman–Crippen LogP) is 3.68. The van der Waals surface area contributed by atoms with Crippen LogP contribution in [0.25, 0.3) is 0 Å². The molecule has 224 valence electrons. The average molecular weight is 710 g/mol. The van der Waals surface area contributed by atoms with E-state index in [-0.39, 0.29) is 15.1 Å². The number of thioether (sulfide) groups is 1. The Kier molecular flexibility index (Phi) is 9.42. The van der Waals surface area contributed by atoms with Crippen LogP contribution in [-0.4, -0.2) is 82.1 Å². The Balaban J connectivity index is 1.42. The van der Waals surface area contributed by atoms with E-state index in [1.807, 2.05) is 33.0 Å². The van der Waals surface area contributed by atoms with Gasteiger partial charge in [0.25, 0.3) is 0 Å². The molecule has 3 aromatic rings. The number of hydrogen-bond acceptors (Lipinski definition) is 10. The number of aliphatic hydroxyl groups excluding tert-OH is 3. The van der Waals surface area contributed by atoms with Crippen LogP contribution in [0.5, 0.6) is 5.75 Å². The molecule has 1 fully saturated rings. The Hall–Kier alpha value is -2.33. The van der Waals surface area contributed by atoms with E-state index in [4.69, 9.17) is 9.97 Å². The molecule has 2 aliphatic rings. The molecule has 1 aromatic carbocycles. The maximum absolute atomic E-state index is 12.6. The molecule has 1 aliphatic carbocycles. The van der Waals surface area contributed by atoms with Crippen molar-refractivity contribution in [3.8, 4) is 5.75 Å². The van der Waals surface area contributed by atoms with Crippen molar-refractivity contribution in [3.63, 3.8) is 0 Å². The van der Waals surface area contributed by atoms with Crippen molar-refractivity contribution < 1.29 is 33.2 Å². The van der Waals surface area contributed by atoms with Gasteiger partial charge in [0, 0.05) is 0 Å². The molecule has 3 heterocycles. The van der Waals surface area contributed by atoms with Crippen molar-refractivity contribution in [1.29, 1.82) is 0 Å². The first-order valence-electron chi connectivity index (χ1n) is 13.6. The molecule has 0 amide bonds. The number of alkyl halides is 3. The van der Waals surface area contributed by atoms with Crippen LogP contribution in [0.1, 0.15) is 52.8 Å². The number of aliphatic hydroxyl groups is 3. The van der Waals surface area contributed by atoms with Crippen molar-refractivity contribution >= 4 is 48.2 Å². The number of aromatic nitrogens is 3. The van der Waals surface area contributed by atoms with Crippen LogP contribution in [0.3, 0.4) is 0 Å². The number of fused-ring (bicyclic) bond motifs is 1. The normalized spacial score (nSPS) is 25.1. The number of benzene rings is 1. The van der Waals surface area contributed by atoms with Crippen molar-refractivity contribution in [3.05, 3.63) is 59.5 Å². The van der Waals surface area contributed by atoms with Gasteiger partial charge in [0.15, 0.2) is 0 Å². The number of aryl methyl sites for hydroxylation is 1. The Morgan fingerprint density at radius 1 is 1.14 bits per heavy atom. The van der Waals surface area contributed by atoms with Crippen molar-refractivity contribution in [2.45, 2.75) is 78.5 Å². The number of nitrogens with one attached hydrogen (secondary N) is 2. The fourth-order valence-electron chi connectivity index (χ4n) is 5.40. The second-order valence-electron chi connectivity index (χ2n) is 10.5. The van der Waals surface area contributed by atoms with E-state index in [1.165, 1.54) is 20.6 Å². The third-order valence-electron chi connectivity index (χ3n) is 7.63. The molecule has 42 heavy (non-hydrogen) atoms. The quantitative estimate of drug-likeness (QED) is 0.210. The minimum atomic E-state index is -4.77. The first kappa shape index (κ1) is 31.1. The molecule has 5 N–H and O–H groups in total. The Morgan fingerprint density at radius 3 is 2.55 bits per heavy atom. The number of anilines is 2. The summed E-state index contributed by atoms with van der Waals surface area (Å²) < 4.78 is 43.1. The molecule has 2 radical (unpaired) electrons. The van der Waals surface area contributed by atoms with E-state index in [1.54, 1.807) is 30.1 Å². The summed E-state index contributed by atoms with van der Waals surface area (Å²) in [6.45, 7) is 5.59. The van der Waals surface area contributed by atoms with Gasteiger partial charge in [-0.15, -0.1) is 13.2 Å². The molecule has 9 nitrogen and oxygen atoms in total. The maximum atomic E-state index is 12.6. The average Bonchev–Trinajstić information content (AvgIpc) is 3.48. The van der Waals surface area contributed by atoms with Crippen molar-refractivity contribution in [2.24, 2.45) is 5.92 Å². The van der Waals surface area contributed by atoms with E-state index in [9.17, 15) is 28.5 Å². The van der Waals surface area contributed by atoms with Crippen LogP contribution < -0.4 is 18.9 Å². The van der Waals surface area contributed by atoms with Crippen LogP contribution >= 0.6 is 11.8 Å². The van der Waals surface area contributed by atoms with Crippen LogP contribution in [0.15, 0.2) is 47.6 Å². The van der Waals surface area contributed by atoms with E-state index >= 15 is 0 Å². The monoisotopic (exact) mass is 711 g/mol. The van der Waals surface area contributed by atoms with Gasteiger partial charge in [0.2, 0.25) is 0 Å². The zero-order valence-electron chi connectivity index (χ0n) is 23.1. The molecule has 0 saturated heterocycles. The van der Waals surface area contributed by atoms with Crippen molar-refractivity contribution in [2.75, 3.05) is 10.6 Å².